The van der Waals surface area contributed by atoms with E-state index in [0.29, 0.717) is 42.0 Å². The Bertz CT molecular complexity index is 992. The van der Waals surface area contributed by atoms with Gasteiger partial charge in [-0.3, -0.25) is 0 Å². The molecule has 0 bridgehead atoms. The van der Waals surface area contributed by atoms with Gasteiger partial charge in [-0.25, -0.2) is 13.4 Å². The average molecular weight is 473 g/mol. The zero-order valence-corrected chi connectivity index (χ0v) is 18.4. The number of hydrogen-bond acceptors (Lipinski definition) is 5. The van der Waals surface area contributed by atoms with E-state index in [2.05, 4.69) is 9.97 Å². The summed E-state index contributed by atoms with van der Waals surface area (Å²) in [6, 6.07) is 6.66. The van der Waals surface area contributed by atoms with Crippen LogP contribution in [0.3, 0.4) is 0 Å². The first kappa shape index (κ1) is 23.1. The van der Waals surface area contributed by atoms with E-state index >= 15 is 0 Å². The molecule has 3 heterocycles. The molecule has 176 valence electrons. The minimum Gasteiger partial charge on any atom is -0.381 e. The van der Waals surface area contributed by atoms with E-state index in [0.717, 1.165) is 30.6 Å². The Morgan fingerprint density at radius 1 is 1.16 bits per heavy atom. The SMILES string of the molecule is O=S(=O)(N1Cc2ccccc2N(Cc2cnc[nH]2)C(CCC2CCOCC2)C1)C(F)(F)F. The number of para-hydroxylation sites is 1. The van der Waals surface area contributed by atoms with E-state index in [1.54, 1.807) is 24.7 Å². The molecule has 0 spiro atoms. The van der Waals surface area contributed by atoms with Gasteiger partial charge in [0.25, 0.3) is 0 Å². The van der Waals surface area contributed by atoms with Crippen molar-refractivity contribution < 1.29 is 26.3 Å². The molecular formula is C21H27F3N4O3S. The summed E-state index contributed by atoms with van der Waals surface area (Å²) < 4.78 is 71.2. The predicted octanol–water partition coefficient (Wildman–Crippen LogP) is 3.66. The fourth-order valence-corrected chi connectivity index (χ4v) is 5.49. The summed E-state index contributed by atoms with van der Waals surface area (Å²) in [5.74, 6) is 0.420. The highest BCUT2D eigenvalue weighted by molar-refractivity contribution is 7.89. The summed E-state index contributed by atoms with van der Waals surface area (Å²) in [6.45, 7) is 1.23. The fourth-order valence-electron chi connectivity index (χ4n) is 4.52. The van der Waals surface area contributed by atoms with Gasteiger partial charge < -0.3 is 14.6 Å². The van der Waals surface area contributed by atoms with Crippen LogP contribution in [0.15, 0.2) is 36.8 Å². The number of rotatable bonds is 6. The molecule has 2 aliphatic rings. The number of aromatic nitrogens is 2. The van der Waals surface area contributed by atoms with Crippen molar-refractivity contribution in [1.29, 1.82) is 0 Å². The van der Waals surface area contributed by atoms with Gasteiger partial charge in [0.2, 0.25) is 0 Å². The maximum absolute atomic E-state index is 13.5. The minimum atomic E-state index is -5.46. The number of nitrogens with zero attached hydrogens (tertiary/aromatic N) is 3. The van der Waals surface area contributed by atoms with Gasteiger partial charge >= 0.3 is 15.5 Å². The molecule has 32 heavy (non-hydrogen) atoms. The maximum atomic E-state index is 13.5. The number of aromatic amines is 1. The normalized spacial score (nSPS) is 21.3. The number of imidazole rings is 1. The molecule has 4 rings (SSSR count). The van der Waals surface area contributed by atoms with Crippen LogP contribution in [0.5, 0.6) is 0 Å². The van der Waals surface area contributed by atoms with Crippen LogP contribution in [-0.2, 0) is 27.8 Å². The van der Waals surface area contributed by atoms with E-state index in [1.807, 2.05) is 17.0 Å². The number of ether oxygens (including phenoxy) is 1. The van der Waals surface area contributed by atoms with Gasteiger partial charge in [0.15, 0.2) is 0 Å². The first-order valence-corrected chi connectivity index (χ1v) is 12.2. The van der Waals surface area contributed by atoms with Crippen LogP contribution in [0.25, 0.3) is 0 Å². The molecule has 0 radical (unpaired) electrons. The first-order valence-electron chi connectivity index (χ1n) is 10.7. The zero-order chi connectivity index (χ0) is 22.8. The molecule has 11 heteroatoms. The Hall–Kier alpha value is -2.11. The van der Waals surface area contributed by atoms with Crippen molar-refractivity contribution in [1.82, 2.24) is 14.3 Å². The van der Waals surface area contributed by atoms with Crippen LogP contribution >= 0.6 is 0 Å². The monoisotopic (exact) mass is 472 g/mol. The minimum absolute atomic E-state index is 0.228. The molecule has 7 nitrogen and oxygen atoms in total. The van der Waals surface area contributed by atoms with Crippen molar-refractivity contribution in [3.8, 4) is 0 Å². The van der Waals surface area contributed by atoms with Gasteiger partial charge in [0.1, 0.15) is 0 Å². The maximum Gasteiger partial charge on any atom is 0.511 e. The molecule has 2 aromatic rings. The van der Waals surface area contributed by atoms with Crippen LogP contribution in [0.2, 0.25) is 0 Å². The first-order chi connectivity index (χ1) is 15.3. The standard InChI is InChI=1S/C21H27F3N4O3S/c22-21(23,24)32(29,30)27-12-17-3-1-2-4-20(17)28(13-18-11-25-15-26-18)19(14-27)6-5-16-7-9-31-10-8-16/h1-4,11,15-16,19H,5-10,12-14H2,(H,25,26). The third-order valence-electron chi connectivity index (χ3n) is 6.28. The van der Waals surface area contributed by atoms with E-state index in [9.17, 15) is 21.6 Å². The largest absolute Gasteiger partial charge is 0.511 e. The van der Waals surface area contributed by atoms with Crippen LogP contribution in [0.4, 0.5) is 18.9 Å². The summed E-state index contributed by atoms with van der Waals surface area (Å²) in [5.41, 5.74) is -3.23. The lowest BCUT2D eigenvalue weighted by atomic mass is 9.92. The Kier molecular flexibility index (Phi) is 6.78. The van der Waals surface area contributed by atoms with Crippen molar-refractivity contribution in [2.24, 2.45) is 5.92 Å². The van der Waals surface area contributed by atoms with Gasteiger partial charge in [0, 0.05) is 44.2 Å². The summed E-state index contributed by atoms with van der Waals surface area (Å²) in [6.07, 6.45) is 6.43. The quantitative estimate of drug-likeness (QED) is 0.694. The van der Waals surface area contributed by atoms with Crippen LogP contribution < -0.4 is 4.90 Å². The lowest BCUT2D eigenvalue weighted by molar-refractivity contribution is -0.0492. The number of sulfonamides is 1. The molecule has 2 aliphatic heterocycles. The number of halogens is 3. The molecule has 1 aromatic heterocycles. The smallest absolute Gasteiger partial charge is 0.381 e. The Morgan fingerprint density at radius 2 is 1.91 bits per heavy atom. The van der Waals surface area contributed by atoms with Gasteiger partial charge in [-0.05, 0) is 43.2 Å². The van der Waals surface area contributed by atoms with E-state index in [4.69, 9.17) is 4.74 Å². The fraction of sp³-hybridized carbons (Fsp3) is 0.571. The molecule has 1 N–H and O–H groups in total. The average Bonchev–Trinajstić information content (AvgIpc) is 3.22. The molecule has 1 fully saturated rings. The zero-order valence-electron chi connectivity index (χ0n) is 17.6. The summed E-state index contributed by atoms with van der Waals surface area (Å²) in [7, 11) is -5.46. The van der Waals surface area contributed by atoms with Crippen LogP contribution in [0.1, 0.15) is 36.9 Å². The van der Waals surface area contributed by atoms with Crippen molar-refractivity contribution in [2.45, 2.75) is 50.3 Å². The molecule has 0 saturated carbocycles. The predicted molar refractivity (Wildman–Crippen MR) is 113 cm³/mol. The lowest BCUT2D eigenvalue weighted by Crippen LogP contribution is -2.47. The third kappa shape index (κ3) is 4.94. The number of alkyl halides is 3. The van der Waals surface area contributed by atoms with Gasteiger partial charge in [0.05, 0.1) is 18.6 Å². The van der Waals surface area contributed by atoms with E-state index in [1.165, 1.54) is 0 Å². The van der Waals surface area contributed by atoms with Crippen molar-refractivity contribution in [3.05, 3.63) is 48.0 Å². The number of hydrogen-bond donors (Lipinski definition) is 1. The molecule has 1 saturated heterocycles. The molecule has 0 amide bonds. The highest BCUT2D eigenvalue weighted by Gasteiger charge is 2.51. The second-order valence-electron chi connectivity index (χ2n) is 8.36. The van der Waals surface area contributed by atoms with Crippen molar-refractivity contribution in [2.75, 3.05) is 24.7 Å². The van der Waals surface area contributed by atoms with Crippen LogP contribution in [0, 0.1) is 5.92 Å². The van der Waals surface area contributed by atoms with Gasteiger partial charge in [-0.1, -0.05) is 18.2 Å². The van der Waals surface area contributed by atoms with Crippen molar-refractivity contribution >= 4 is 15.7 Å². The molecule has 1 aromatic carbocycles. The number of benzene rings is 1. The highest BCUT2D eigenvalue weighted by Crippen LogP contribution is 2.36. The summed E-state index contributed by atoms with van der Waals surface area (Å²) in [5, 5.41) is 0. The van der Waals surface area contributed by atoms with Gasteiger partial charge in [-0.15, -0.1) is 0 Å². The number of anilines is 1. The van der Waals surface area contributed by atoms with Crippen LogP contribution in [-0.4, -0.2) is 54.0 Å². The topological polar surface area (TPSA) is 78.5 Å². The Labute approximate surface area is 185 Å². The Morgan fingerprint density at radius 3 is 2.59 bits per heavy atom. The lowest BCUT2D eigenvalue weighted by Gasteiger charge is -2.35. The second kappa shape index (κ2) is 9.40. The third-order valence-corrected chi connectivity index (χ3v) is 7.82. The number of nitrogens with one attached hydrogen (secondary N) is 1. The molecule has 1 unspecified atom stereocenters. The van der Waals surface area contributed by atoms with E-state index < -0.39 is 21.6 Å². The molecule has 1 atom stereocenters. The second-order valence-corrected chi connectivity index (χ2v) is 10.3. The van der Waals surface area contributed by atoms with Gasteiger partial charge in [-0.2, -0.15) is 17.5 Å². The van der Waals surface area contributed by atoms with Crippen molar-refractivity contribution in [3.63, 3.8) is 0 Å². The molecule has 0 aliphatic carbocycles. The summed E-state index contributed by atoms with van der Waals surface area (Å²) in [4.78, 5) is 9.12. The number of fused-ring (bicyclic) bond motifs is 1. The number of H-pyrrole nitrogens is 1. The summed E-state index contributed by atoms with van der Waals surface area (Å²) >= 11 is 0. The highest BCUT2D eigenvalue weighted by atomic mass is 32.2. The van der Waals surface area contributed by atoms with E-state index in [-0.39, 0.29) is 13.1 Å². The Balaban J connectivity index is 1.68. The molecular weight excluding hydrogens is 445 g/mol.